The van der Waals surface area contributed by atoms with Gasteiger partial charge in [0.05, 0.1) is 0 Å². The Morgan fingerprint density at radius 1 is 1.64 bits per heavy atom. The van der Waals surface area contributed by atoms with Crippen molar-refractivity contribution in [2.24, 2.45) is 22.4 Å². The van der Waals surface area contributed by atoms with Crippen molar-refractivity contribution < 1.29 is 4.79 Å². The third-order valence-electron chi connectivity index (χ3n) is 0.903. The average molecular weight is 153 g/mol. The molecule has 0 aliphatic rings. The zero-order valence-electron chi connectivity index (χ0n) is 5.61. The molecule has 0 heterocycles. The van der Waals surface area contributed by atoms with Gasteiger partial charge in [0, 0.05) is 6.20 Å². The number of rotatable bonds is 2. The lowest BCUT2D eigenvalue weighted by Gasteiger charge is -1.93. The minimum absolute atomic E-state index is 0.281. The van der Waals surface area contributed by atoms with E-state index < -0.39 is 11.6 Å². The number of hydrazone groups is 1. The monoisotopic (exact) mass is 153 g/mol. The molecule has 0 aromatic heterocycles. The molecular weight excluding hydrogens is 146 g/mol. The molecule has 0 fully saturated rings. The van der Waals surface area contributed by atoms with Gasteiger partial charge in [-0.05, 0) is 0 Å². The SMILES string of the molecule is N#CC(=CN)C(=O)C(N)=NN. The van der Waals surface area contributed by atoms with E-state index in [0.717, 1.165) is 6.20 Å². The van der Waals surface area contributed by atoms with Crippen LogP contribution in [-0.2, 0) is 4.79 Å². The van der Waals surface area contributed by atoms with Crippen LogP contribution in [0.15, 0.2) is 16.9 Å². The van der Waals surface area contributed by atoms with Gasteiger partial charge >= 0.3 is 0 Å². The summed E-state index contributed by atoms with van der Waals surface area (Å²) in [6.45, 7) is 0. The molecule has 6 N–H and O–H groups in total. The second kappa shape index (κ2) is 3.90. The highest BCUT2D eigenvalue weighted by molar-refractivity contribution is 6.45. The van der Waals surface area contributed by atoms with E-state index in [1.807, 2.05) is 0 Å². The first-order chi connectivity index (χ1) is 5.17. The van der Waals surface area contributed by atoms with Crippen molar-refractivity contribution in [1.82, 2.24) is 0 Å². The fraction of sp³-hybridized carbons (Fsp3) is 0. The van der Waals surface area contributed by atoms with Gasteiger partial charge in [-0.25, -0.2) is 0 Å². The number of hydrogen-bond acceptors (Lipinski definition) is 5. The van der Waals surface area contributed by atoms with E-state index in [2.05, 4.69) is 10.9 Å². The van der Waals surface area contributed by atoms with Crippen LogP contribution in [0.25, 0.3) is 0 Å². The Hall–Kier alpha value is -2.03. The van der Waals surface area contributed by atoms with Crippen LogP contribution >= 0.6 is 0 Å². The van der Waals surface area contributed by atoms with Gasteiger partial charge in [0.15, 0.2) is 5.84 Å². The lowest BCUT2D eigenvalue weighted by atomic mass is 10.2. The second-order valence-electron chi connectivity index (χ2n) is 1.54. The predicted octanol–water partition coefficient (Wildman–Crippen LogP) is -1.85. The van der Waals surface area contributed by atoms with Crippen LogP contribution in [0.2, 0.25) is 0 Å². The molecule has 0 spiro atoms. The molecule has 6 nitrogen and oxygen atoms in total. The van der Waals surface area contributed by atoms with Gasteiger partial charge in [0.25, 0.3) is 0 Å². The summed E-state index contributed by atoms with van der Waals surface area (Å²) in [4.78, 5) is 10.8. The van der Waals surface area contributed by atoms with Gasteiger partial charge in [0.2, 0.25) is 5.78 Å². The summed E-state index contributed by atoms with van der Waals surface area (Å²) >= 11 is 0. The largest absolute Gasteiger partial charge is 0.403 e. The summed E-state index contributed by atoms with van der Waals surface area (Å²) in [6, 6.07) is 1.54. The Kier molecular flexibility index (Phi) is 3.18. The summed E-state index contributed by atoms with van der Waals surface area (Å²) < 4.78 is 0. The number of carbonyl (C=O) groups excluding carboxylic acids is 1. The molecule has 0 aromatic carbocycles. The maximum atomic E-state index is 10.8. The highest BCUT2D eigenvalue weighted by Gasteiger charge is 2.12. The molecule has 0 aliphatic heterocycles. The minimum Gasteiger partial charge on any atom is -0.403 e. The molecule has 0 saturated carbocycles. The molecule has 0 amide bonds. The van der Waals surface area contributed by atoms with Crippen LogP contribution in [0.3, 0.4) is 0 Å². The predicted molar refractivity (Wildman–Crippen MR) is 38.7 cm³/mol. The highest BCUT2D eigenvalue weighted by Crippen LogP contribution is 1.90. The van der Waals surface area contributed by atoms with E-state index in [-0.39, 0.29) is 5.57 Å². The number of amidine groups is 1. The maximum Gasteiger partial charge on any atom is 0.241 e. The van der Waals surface area contributed by atoms with E-state index >= 15 is 0 Å². The van der Waals surface area contributed by atoms with E-state index in [0.29, 0.717) is 0 Å². The molecule has 0 aromatic rings. The van der Waals surface area contributed by atoms with E-state index in [4.69, 9.17) is 16.7 Å². The highest BCUT2D eigenvalue weighted by atomic mass is 16.1. The first-order valence-corrected chi connectivity index (χ1v) is 2.57. The Bertz CT molecular complexity index is 259. The number of nitriles is 1. The second-order valence-corrected chi connectivity index (χ2v) is 1.54. The average Bonchev–Trinajstić information content (AvgIpc) is 2.05. The molecule has 0 saturated heterocycles. The van der Waals surface area contributed by atoms with Crippen molar-refractivity contribution in [3.63, 3.8) is 0 Å². The smallest absolute Gasteiger partial charge is 0.241 e. The molecule has 0 unspecified atom stereocenters. The van der Waals surface area contributed by atoms with Crippen molar-refractivity contribution in [2.45, 2.75) is 0 Å². The van der Waals surface area contributed by atoms with Crippen molar-refractivity contribution in [1.29, 1.82) is 5.26 Å². The number of carbonyl (C=O) groups is 1. The topological polar surface area (TPSA) is 131 Å². The number of nitrogens with two attached hydrogens (primary N) is 3. The molecule has 11 heavy (non-hydrogen) atoms. The summed E-state index contributed by atoms with van der Waals surface area (Å²) in [6.07, 6.45) is 0.848. The van der Waals surface area contributed by atoms with Crippen molar-refractivity contribution in [3.8, 4) is 6.07 Å². The van der Waals surface area contributed by atoms with Crippen LogP contribution in [-0.4, -0.2) is 11.6 Å². The van der Waals surface area contributed by atoms with Gasteiger partial charge in [0.1, 0.15) is 11.6 Å². The van der Waals surface area contributed by atoms with Gasteiger partial charge in [-0.3, -0.25) is 4.79 Å². The number of nitrogens with zero attached hydrogens (tertiary/aromatic N) is 2. The quantitative estimate of drug-likeness (QED) is 0.107. The third-order valence-corrected chi connectivity index (χ3v) is 0.903. The Balaban J connectivity index is 4.66. The number of ketones is 1. The molecule has 58 valence electrons. The van der Waals surface area contributed by atoms with Gasteiger partial charge in [-0.2, -0.15) is 10.4 Å². The summed E-state index contributed by atoms with van der Waals surface area (Å²) in [7, 11) is 0. The zero-order valence-corrected chi connectivity index (χ0v) is 5.61. The lowest BCUT2D eigenvalue weighted by Crippen LogP contribution is -2.26. The third kappa shape index (κ3) is 1.98. The van der Waals surface area contributed by atoms with Crippen LogP contribution in [0.5, 0.6) is 0 Å². The molecule has 0 atom stereocenters. The lowest BCUT2D eigenvalue weighted by molar-refractivity contribution is -0.109. The Morgan fingerprint density at radius 3 is 2.45 bits per heavy atom. The van der Waals surface area contributed by atoms with Crippen LogP contribution in [0.4, 0.5) is 0 Å². The fourth-order valence-corrected chi connectivity index (χ4v) is 0.360. The standard InChI is InChI=1S/C5H7N5O/c6-1-3(2-7)4(11)5(8)10-9/h1H,6,9H2,(H2,8,10). The van der Waals surface area contributed by atoms with Crippen LogP contribution in [0, 0.1) is 11.3 Å². The number of Topliss-reactive ketones (excluding diaryl/α,β-unsaturated/α-hetero) is 1. The molecule has 0 rings (SSSR count). The van der Waals surface area contributed by atoms with Gasteiger partial charge < -0.3 is 17.3 Å². The summed E-state index contributed by atoms with van der Waals surface area (Å²) in [5.74, 6) is 3.48. The van der Waals surface area contributed by atoms with Crippen molar-refractivity contribution >= 4 is 11.6 Å². The summed E-state index contributed by atoms with van der Waals surface area (Å²) in [5, 5.41) is 11.2. The van der Waals surface area contributed by atoms with E-state index in [1.165, 1.54) is 6.07 Å². The van der Waals surface area contributed by atoms with Crippen LogP contribution < -0.4 is 17.3 Å². The van der Waals surface area contributed by atoms with E-state index in [1.54, 1.807) is 0 Å². The van der Waals surface area contributed by atoms with Crippen molar-refractivity contribution in [2.75, 3.05) is 0 Å². The Morgan fingerprint density at radius 2 is 2.18 bits per heavy atom. The van der Waals surface area contributed by atoms with Crippen LogP contribution in [0.1, 0.15) is 0 Å². The first-order valence-electron chi connectivity index (χ1n) is 2.57. The normalized spacial score (nSPS) is 12.3. The zero-order chi connectivity index (χ0) is 8.85. The summed E-state index contributed by atoms with van der Waals surface area (Å²) in [5.41, 5.74) is 9.64. The van der Waals surface area contributed by atoms with Gasteiger partial charge in [-0.15, -0.1) is 0 Å². The molecule has 0 radical (unpaired) electrons. The van der Waals surface area contributed by atoms with E-state index in [9.17, 15) is 4.79 Å². The first kappa shape index (κ1) is 8.97. The minimum atomic E-state index is -0.766. The number of hydrogen-bond donors (Lipinski definition) is 3. The maximum absolute atomic E-state index is 10.8. The molecular formula is C5H7N5O. The molecule has 0 aliphatic carbocycles. The van der Waals surface area contributed by atoms with Gasteiger partial charge in [-0.1, -0.05) is 0 Å². The molecule has 6 heteroatoms. The Labute approximate surface area is 62.9 Å². The fourth-order valence-electron chi connectivity index (χ4n) is 0.360. The molecule has 0 bridgehead atoms. The van der Waals surface area contributed by atoms with Crippen molar-refractivity contribution in [3.05, 3.63) is 11.8 Å².